The molecule has 25 heavy (non-hydrogen) atoms. The molecule has 0 fully saturated rings. The molecule has 2 aromatic rings. The first-order valence-corrected chi connectivity index (χ1v) is 10.1. The van der Waals surface area contributed by atoms with E-state index in [2.05, 4.69) is 0 Å². The third-order valence-electron chi connectivity index (χ3n) is 3.84. The van der Waals surface area contributed by atoms with E-state index >= 15 is 0 Å². The molecule has 10 heteroatoms. The molecule has 6 N–H and O–H groups in total. The Hall–Kier alpha value is -2.14. The third kappa shape index (κ3) is 4.10. The van der Waals surface area contributed by atoms with Gasteiger partial charge in [0.1, 0.15) is 9.79 Å². The average molecular weight is 386 g/mol. The molecule has 0 aliphatic carbocycles. The lowest BCUT2D eigenvalue weighted by atomic mass is 9.89. The Kier molecular flexibility index (Phi) is 5.09. The molecule has 2 rings (SSSR count). The van der Waals surface area contributed by atoms with Gasteiger partial charge in [0.05, 0.1) is 11.4 Å². The highest BCUT2D eigenvalue weighted by atomic mass is 32.2. The topological polar surface area (TPSA) is 161 Å². The molecule has 0 bridgehead atoms. The maximum atomic E-state index is 11.4. The average Bonchev–Trinajstić information content (AvgIpc) is 2.48. The third-order valence-corrected chi connectivity index (χ3v) is 5.66. The zero-order valence-corrected chi connectivity index (χ0v) is 14.9. The monoisotopic (exact) mass is 386 g/mol. The summed E-state index contributed by atoms with van der Waals surface area (Å²) in [5.74, 6) is -0.401. The van der Waals surface area contributed by atoms with Gasteiger partial charge in [-0.15, -0.1) is 0 Å². The molecular formula is C15H18N2O6S2. The van der Waals surface area contributed by atoms with Gasteiger partial charge >= 0.3 is 0 Å². The lowest BCUT2D eigenvalue weighted by molar-refractivity contribution is 0.481. The minimum Gasteiger partial charge on any atom is -0.398 e. The summed E-state index contributed by atoms with van der Waals surface area (Å²) >= 11 is 0. The molecule has 2 aromatic carbocycles. The van der Waals surface area contributed by atoms with E-state index in [-0.39, 0.29) is 11.4 Å². The second-order valence-electron chi connectivity index (χ2n) is 5.51. The van der Waals surface area contributed by atoms with Crippen molar-refractivity contribution in [2.45, 2.75) is 29.1 Å². The second-order valence-corrected chi connectivity index (χ2v) is 8.29. The van der Waals surface area contributed by atoms with Gasteiger partial charge in [-0.1, -0.05) is 19.1 Å². The standard InChI is InChI=1S/C15H18N2O6S2/c1-2-11(9-3-5-12(16)14(7-9)24(18,19)20)10-4-6-13(17)15(8-10)25(21,22)23/h3-8,11H,2,16-17H2,1H3,(H,18,19,20)(H,21,22,23). The molecule has 0 heterocycles. The molecule has 0 saturated heterocycles. The Bertz CT molecular complexity index is 935. The van der Waals surface area contributed by atoms with Crippen molar-refractivity contribution in [3.05, 3.63) is 47.5 Å². The van der Waals surface area contributed by atoms with Crippen LogP contribution < -0.4 is 11.5 Å². The van der Waals surface area contributed by atoms with Crippen molar-refractivity contribution in [1.29, 1.82) is 0 Å². The number of hydrogen-bond acceptors (Lipinski definition) is 6. The minimum atomic E-state index is -4.50. The summed E-state index contributed by atoms with van der Waals surface area (Å²) in [6.07, 6.45) is 0.490. The maximum Gasteiger partial charge on any atom is 0.296 e. The van der Waals surface area contributed by atoms with Gasteiger partial charge in [-0.25, -0.2) is 0 Å². The van der Waals surface area contributed by atoms with E-state index in [4.69, 9.17) is 11.5 Å². The largest absolute Gasteiger partial charge is 0.398 e. The Morgan fingerprint density at radius 1 is 0.840 bits per heavy atom. The molecule has 0 unspecified atom stereocenters. The smallest absolute Gasteiger partial charge is 0.296 e. The van der Waals surface area contributed by atoms with Gasteiger partial charge < -0.3 is 11.5 Å². The van der Waals surface area contributed by atoms with Crippen LogP contribution in [0.1, 0.15) is 30.4 Å². The Morgan fingerprint density at radius 3 is 1.48 bits per heavy atom. The van der Waals surface area contributed by atoms with Crippen LogP contribution in [0.15, 0.2) is 46.2 Å². The quantitative estimate of drug-likeness (QED) is 0.447. The van der Waals surface area contributed by atoms with Crippen LogP contribution in [0.4, 0.5) is 11.4 Å². The van der Waals surface area contributed by atoms with E-state index in [0.717, 1.165) is 0 Å². The summed E-state index contributed by atoms with van der Waals surface area (Å²) in [5.41, 5.74) is 12.0. The molecule has 0 saturated carbocycles. The van der Waals surface area contributed by atoms with Crippen LogP contribution in [0.2, 0.25) is 0 Å². The van der Waals surface area contributed by atoms with Crippen LogP contribution in [-0.2, 0) is 20.2 Å². The zero-order chi connectivity index (χ0) is 19.0. The first-order chi connectivity index (χ1) is 11.4. The summed E-state index contributed by atoms with van der Waals surface area (Å²) in [6, 6.07) is 8.35. The van der Waals surface area contributed by atoms with Crippen LogP contribution in [0.3, 0.4) is 0 Å². The Morgan fingerprint density at radius 2 is 1.20 bits per heavy atom. The number of benzene rings is 2. The normalized spacial score (nSPS) is 12.5. The molecule has 0 spiro atoms. The highest BCUT2D eigenvalue weighted by Gasteiger charge is 2.21. The minimum absolute atomic E-state index is 0.1000. The SMILES string of the molecule is CCC(c1ccc(N)c(S(=O)(=O)O)c1)c1ccc(N)c(S(=O)(=O)O)c1. The number of hydrogen-bond donors (Lipinski definition) is 4. The van der Waals surface area contributed by atoms with Gasteiger partial charge in [0.2, 0.25) is 0 Å². The molecule has 0 aromatic heterocycles. The Labute approximate surface area is 146 Å². The van der Waals surface area contributed by atoms with E-state index in [1.165, 1.54) is 24.3 Å². The van der Waals surface area contributed by atoms with Crippen molar-refractivity contribution in [2.24, 2.45) is 0 Å². The van der Waals surface area contributed by atoms with Gasteiger partial charge in [-0.3, -0.25) is 9.11 Å². The van der Waals surface area contributed by atoms with E-state index < -0.39 is 35.9 Å². The van der Waals surface area contributed by atoms with E-state index in [9.17, 15) is 25.9 Å². The zero-order valence-electron chi connectivity index (χ0n) is 13.2. The highest BCUT2D eigenvalue weighted by molar-refractivity contribution is 7.86. The van der Waals surface area contributed by atoms with Crippen LogP contribution in [0.25, 0.3) is 0 Å². The molecular weight excluding hydrogens is 368 g/mol. The molecule has 0 amide bonds. The number of rotatable bonds is 5. The first kappa shape index (κ1) is 19.2. The summed E-state index contributed by atoms with van der Waals surface area (Å²) in [6.45, 7) is 1.82. The first-order valence-electron chi connectivity index (χ1n) is 7.19. The molecule has 8 nitrogen and oxygen atoms in total. The van der Waals surface area contributed by atoms with Crippen LogP contribution in [0.5, 0.6) is 0 Å². The van der Waals surface area contributed by atoms with Gasteiger partial charge in [-0.2, -0.15) is 16.8 Å². The second kappa shape index (κ2) is 6.64. The van der Waals surface area contributed by atoms with Crippen LogP contribution in [-0.4, -0.2) is 25.9 Å². The van der Waals surface area contributed by atoms with Gasteiger partial charge in [-0.05, 0) is 41.8 Å². The van der Waals surface area contributed by atoms with Crippen LogP contribution >= 0.6 is 0 Å². The maximum absolute atomic E-state index is 11.4. The summed E-state index contributed by atoms with van der Waals surface area (Å²) in [7, 11) is -9.00. The van der Waals surface area contributed by atoms with Crippen molar-refractivity contribution >= 4 is 31.6 Å². The molecule has 0 atom stereocenters. The van der Waals surface area contributed by atoms with Crippen molar-refractivity contribution in [2.75, 3.05) is 11.5 Å². The fraction of sp³-hybridized carbons (Fsp3) is 0.200. The molecule has 0 radical (unpaired) electrons. The van der Waals surface area contributed by atoms with Crippen molar-refractivity contribution in [3.63, 3.8) is 0 Å². The van der Waals surface area contributed by atoms with E-state index in [0.29, 0.717) is 17.5 Å². The van der Waals surface area contributed by atoms with Crippen molar-refractivity contribution in [3.8, 4) is 0 Å². The lowest BCUT2D eigenvalue weighted by Gasteiger charge is -2.18. The van der Waals surface area contributed by atoms with Gasteiger partial charge in [0, 0.05) is 5.92 Å². The van der Waals surface area contributed by atoms with E-state index in [1.807, 2.05) is 6.92 Å². The summed E-state index contributed by atoms with van der Waals surface area (Å²) < 4.78 is 64.3. The molecule has 0 aliphatic heterocycles. The number of nitrogens with two attached hydrogens (primary N) is 2. The van der Waals surface area contributed by atoms with E-state index in [1.54, 1.807) is 12.1 Å². The fourth-order valence-electron chi connectivity index (χ4n) is 2.65. The predicted molar refractivity (Wildman–Crippen MR) is 93.5 cm³/mol. The number of nitrogen functional groups attached to an aromatic ring is 2. The molecule has 0 aliphatic rings. The molecule has 136 valence electrons. The lowest BCUT2D eigenvalue weighted by Crippen LogP contribution is -2.08. The van der Waals surface area contributed by atoms with Crippen molar-refractivity contribution in [1.82, 2.24) is 0 Å². The van der Waals surface area contributed by atoms with Gasteiger partial charge in [0.25, 0.3) is 20.2 Å². The van der Waals surface area contributed by atoms with Crippen molar-refractivity contribution < 1.29 is 25.9 Å². The highest BCUT2D eigenvalue weighted by Crippen LogP contribution is 2.33. The summed E-state index contributed by atoms with van der Waals surface area (Å²) in [4.78, 5) is -0.845. The fourth-order valence-corrected chi connectivity index (χ4v) is 3.95. The summed E-state index contributed by atoms with van der Waals surface area (Å²) in [5, 5.41) is 0. The number of anilines is 2. The predicted octanol–water partition coefficient (Wildman–Crippen LogP) is 1.89. The van der Waals surface area contributed by atoms with Crippen LogP contribution in [0, 0.1) is 0 Å². The van der Waals surface area contributed by atoms with Gasteiger partial charge in [0.15, 0.2) is 0 Å². The Balaban J connectivity index is 2.63.